The highest BCUT2D eigenvalue weighted by Gasteiger charge is 2.13. The second kappa shape index (κ2) is 7.53. The van der Waals surface area contributed by atoms with Gasteiger partial charge in [-0.3, -0.25) is 0 Å². The molecule has 0 bridgehead atoms. The Balaban J connectivity index is 1.42. The van der Waals surface area contributed by atoms with E-state index in [9.17, 15) is 0 Å². The largest absolute Gasteiger partial charge is 0.454 e. The first kappa shape index (κ1) is 17.1. The van der Waals surface area contributed by atoms with Crippen molar-refractivity contribution in [2.24, 2.45) is 0 Å². The maximum absolute atomic E-state index is 5.43. The van der Waals surface area contributed by atoms with Gasteiger partial charge in [-0.05, 0) is 42.7 Å². The third-order valence-corrected chi connectivity index (χ3v) is 4.47. The molecule has 3 aromatic rings. The van der Waals surface area contributed by atoms with Gasteiger partial charge in [0.25, 0.3) is 0 Å². The first-order chi connectivity index (χ1) is 13.2. The fraction of sp³-hybridized carbons (Fsp3) is 0.238. The van der Waals surface area contributed by atoms with Crippen LogP contribution in [0.3, 0.4) is 0 Å². The average molecular weight is 362 g/mol. The molecule has 2 aromatic carbocycles. The molecular weight excluding hydrogens is 340 g/mol. The standard InChI is InChI=1S/C21H22N4O2/c1-14-5-3-4-6-17(14)12-23-21-10-20(24-15(2)25-21)22-11-16-7-8-18-19(9-16)27-13-26-18/h3-10H,11-13H2,1-2H3,(H2,22,23,24,25). The number of fused-ring (bicyclic) bond motifs is 1. The fourth-order valence-corrected chi connectivity index (χ4v) is 2.99. The summed E-state index contributed by atoms with van der Waals surface area (Å²) in [6, 6.07) is 16.2. The molecule has 0 unspecified atom stereocenters. The van der Waals surface area contributed by atoms with Crippen molar-refractivity contribution in [3.05, 3.63) is 71.0 Å². The number of ether oxygens (including phenoxy) is 2. The molecule has 1 aliphatic rings. The molecule has 6 heteroatoms. The van der Waals surface area contributed by atoms with Crippen LogP contribution >= 0.6 is 0 Å². The van der Waals surface area contributed by atoms with Crippen LogP contribution < -0.4 is 20.1 Å². The van der Waals surface area contributed by atoms with Crippen molar-refractivity contribution in [3.8, 4) is 11.5 Å². The van der Waals surface area contributed by atoms with Gasteiger partial charge in [0, 0.05) is 19.2 Å². The van der Waals surface area contributed by atoms with Crippen molar-refractivity contribution in [2.75, 3.05) is 17.4 Å². The van der Waals surface area contributed by atoms with E-state index >= 15 is 0 Å². The fourth-order valence-electron chi connectivity index (χ4n) is 2.99. The number of nitrogens with zero attached hydrogens (tertiary/aromatic N) is 2. The summed E-state index contributed by atoms with van der Waals surface area (Å²) in [5.41, 5.74) is 3.62. The third-order valence-electron chi connectivity index (χ3n) is 4.47. The van der Waals surface area contributed by atoms with Crippen molar-refractivity contribution in [1.82, 2.24) is 9.97 Å². The van der Waals surface area contributed by atoms with E-state index in [0.29, 0.717) is 6.54 Å². The molecule has 1 aromatic heterocycles. The van der Waals surface area contributed by atoms with Gasteiger partial charge in [-0.1, -0.05) is 30.3 Å². The summed E-state index contributed by atoms with van der Waals surface area (Å²) in [6.07, 6.45) is 0. The normalized spacial score (nSPS) is 12.1. The lowest BCUT2D eigenvalue weighted by Crippen LogP contribution is -2.07. The van der Waals surface area contributed by atoms with Crippen LogP contribution in [0.25, 0.3) is 0 Å². The van der Waals surface area contributed by atoms with Gasteiger partial charge < -0.3 is 20.1 Å². The quantitative estimate of drug-likeness (QED) is 0.690. The lowest BCUT2D eigenvalue weighted by Gasteiger charge is -2.11. The van der Waals surface area contributed by atoms with Crippen molar-refractivity contribution in [1.29, 1.82) is 0 Å². The molecule has 0 fully saturated rings. The number of hydrogen-bond donors (Lipinski definition) is 2. The van der Waals surface area contributed by atoms with E-state index in [1.807, 2.05) is 43.3 Å². The summed E-state index contributed by atoms with van der Waals surface area (Å²) in [7, 11) is 0. The first-order valence-corrected chi connectivity index (χ1v) is 8.94. The Kier molecular flexibility index (Phi) is 4.78. The number of aromatic nitrogens is 2. The zero-order chi connectivity index (χ0) is 18.6. The molecule has 0 amide bonds. The van der Waals surface area contributed by atoms with Crippen LogP contribution in [0.2, 0.25) is 0 Å². The topological polar surface area (TPSA) is 68.3 Å². The maximum atomic E-state index is 5.43. The van der Waals surface area contributed by atoms with Gasteiger partial charge in [0.15, 0.2) is 11.5 Å². The monoisotopic (exact) mass is 362 g/mol. The lowest BCUT2D eigenvalue weighted by molar-refractivity contribution is 0.174. The van der Waals surface area contributed by atoms with Crippen molar-refractivity contribution in [2.45, 2.75) is 26.9 Å². The molecule has 0 saturated heterocycles. The van der Waals surface area contributed by atoms with Crippen molar-refractivity contribution < 1.29 is 9.47 Å². The molecule has 2 N–H and O–H groups in total. The van der Waals surface area contributed by atoms with Gasteiger partial charge in [-0.25, -0.2) is 9.97 Å². The van der Waals surface area contributed by atoms with Crippen LogP contribution in [-0.4, -0.2) is 16.8 Å². The highest BCUT2D eigenvalue weighted by Crippen LogP contribution is 2.32. The van der Waals surface area contributed by atoms with E-state index in [0.717, 1.165) is 41.1 Å². The Labute approximate surface area is 158 Å². The Bertz CT molecular complexity index is 959. The van der Waals surface area contributed by atoms with Gasteiger partial charge >= 0.3 is 0 Å². The van der Waals surface area contributed by atoms with E-state index in [1.165, 1.54) is 11.1 Å². The summed E-state index contributed by atoms with van der Waals surface area (Å²) in [4.78, 5) is 8.96. The van der Waals surface area contributed by atoms with Crippen LogP contribution in [0.5, 0.6) is 11.5 Å². The molecule has 138 valence electrons. The van der Waals surface area contributed by atoms with Crippen molar-refractivity contribution >= 4 is 11.6 Å². The van der Waals surface area contributed by atoms with Gasteiger partial charge in [0.1, 0.15) is 17.5 Å². The summed E-state index contributed by atoms with van der Waals surface area (Å²) >= 11 is 0. The molecule has 0 atom stereocenters. The molecule has 0 spiro atoms. The van der Waals surface area contributed by atoms with Crippen molar-refractivity contribution in [3.63, 3.8) is 0 Å². The van der Waals surface area contributed by atoms with Crippen LogP contribution in [0, 0.1) is 13.8 Å². The third kappa shape index (κ3) is 4.11. The van der Waals surface area contributed by atoms with E-state index < -0.39 is 0 Å². The predicted molar refractivity (Wildman–Crippen MR) is 105 cm³/mol. The Hall–Kier alpha value is -3.28. The second-order valence-electron chi connectivity index (χ2n) is 6.51. The first-order valence-electron chi connectivity index (χ1n) is 8.94. The molecule has 0 radical (unpaired) electrons. The molecule has 0 aliphatic carbocycles. The number of benzene rings is 2. The summed E-state index contributed by atoms with van der Waals surface area (Å²) in [6.45, 7) is 5.66. The van der Waals surface area contributed by atoms with E-state index in [2.05, 4.69) is 39.7 Å². The van der Waals surface area contributed by atoms with Crippen LogP contribution in [0.1, 0.15) is 22.5 Å². The number of rotatable bonds is 6. The highest BCUT2D eigenvalue weighted by atomic mass is 16.7. The van der Waals surface area contributed by atoms with Crippen LogP contribution in [-0.2, 0) is 13.1 Å². The molecule has 4 rings (SSSR count). The zero-order valence-electron chi connectivity index (χ0n) is 15.5. The van der Waals surface area contributed by atoms with Crippen LogP contribution in [0.15, 0.2) is 48.5 Å². The summed E-state index contributed by atoms with van der Waals surface area (Å²) in [5, 5.41) is 6.74. The Morgan fingerprint density at radius 1 is 0.852 bits per heavy atom. The number of nitrogens with one attached hydrogen (secondary N) is 2. The smallest absolute Gasteiger partial charge is 0.231 e. The summed E-state index contributed by atoms with van der Waals surface area (Å²) in [5.74, 6) is 3.89. The predicted octanol–water partition coefficient (Wildman–Crippen LogP) is 4.05. The van der Waals surface area contributed by atoms with Crippen LogP contribution in [0.4, 0.5) is 11.6 Å². The summed E-state index contributed by atoms with van der Waals surface area (Å²) < 4.78 is 10.8. The molecule has 0 saturated carbocycles. The Morgan fingerprint density at radius 2 is 1.59 bits per heavy atom. The van der Waals surface area contributed by atoms with E-state index in [1.54, 1.807) is 0 Å². The number of aryl methyl sites for hydroxylation is 2. The average Bonchev–Trinajstić information content (AvgIpc) is 3.13. The SMILES string of the molecule is Cc1nc(NCc2ccc3c(c2)OCO3)cc(NCc2ccccc2C)n1. The molecule has 6 nitrogen and oxygen atoms in total. The second-order valence-corrected chi connectivity index (χ2v) is 6.51. The van der Waals surface area contributed by atoms with Gasteiger partial charge in [-0.2, -0.15) is 0 Å². The lowest BCUT2D eigenvalue weighted by atomic mass is 10.1. The minimum Gasteiger partial charge on any atom is -0.454 e. The minimum atomic E-state index is 0.285. The van der Waals surface area contributed by atoms with Gasteiger partial charge in [-0.15, -0.1) is 0 Å². The van der Waals surface area contributed by atoms with E-state index in [-0.39, 0.29) is 6.79 Å². The molecule has 1 aliphatic heterocycles. The minimum absolute atomic E-state index is 0.285. The number of anilines is 2. The van der Waals surface area contributed by atoms with E-state index in [4.69, 9.17) is 9.47 Å². The highest BCUT2D eigenvalue weighted by molar-refractivity contribution is 5.50. The maximum Gasteiger partial charge on any atom is 0.231 e. The van der Waals surface area contributed by atoms with Gasteiger partial charge in [0.05, 0.1) is 0 Å². The Morgan fingerprint density at radius 3 is 2.41 bits per heavy atom. The molecule has 27 heavy (non-hydrogen) atoms. The number of hydrogen-bond acceptors (Lipinski definition) is 6. The molecular formula is C21H22N4O2. The molecule has 2 heterocycles. The van der Waals surface area contributed by atoms with Gasteiger partial charge in [0.2, 0.25) is 6.79 Å². The zero-order valence-corrected chi connectivity index (χ0v) is 15.5.